The van der Waals surface area contributed by atoms with E-state index >= 15 is 0 Å². The average molecular weight is 213 g/mol. The molecule has 1 aromatic heterocycles. The van der Waals surface area contributed by atoms with Gasteiger partial charge in [0.2, 0.25) is 0 Å². The number of carbonyl (C=O) groups is 2. The molecule has 0 saturated carbocycles. The summed E-state index contributed by atoms with van der Waals surface area (Å²) in [5, 5.41) is 12.6. The van der Waals surface area contributed by atoms with E-state index in [1.807, 2.05) is 19.2 Å². The van der Waals surface area contributed by atoms with Crippen LogP contribution in [0, 0.1) is 13.8 Å². The number of thiophene rings is 1. The van der Waals surface area contributed by atoms with Gasteiger partial charge >= 0.3 is 11.9 Å². The minimum Gasteiger partial charge on any atom is -0.474 e. The zero-order valence-electron chi connectivity index (χ0n) is 7.96. The van der Waals surface area contributed by atoms with E-state index in [0.29, 0.717) is 0 Å². The molecule has 0 unspecified atom stereocenters. The normalized spacial score (nSPS) is 9.86. The fourth-order valence-electron chi connectivity index (χ4n) is 0.988. The maximum absolute atomic E-state index is 10.7. The van der Waals surface area contributed by atoms with Crippen LogP contribution in [0.5, 0.6) is 0 Å². The van der Waals surface area contributed by atoms with Crippen LogP contribution in [0.15, 0.2) is 5.38 Å². The van der Waals surface area contributed by atoms with Crippen molar-refractivity contribution in [3.63, 3.8) is 0 Å². The summed E-state index contributed by atoms with van der Waals surface area (Å²) >= 11 is 1.59. The first kappa shape index (κ1) is 10.7. The molecule has 14 heavy (non-hydrogen) atoms. The van der Waals surface area contributed by atoms with Gasteiger partial charge in [0.05, 0.1) is 0 Å². The van der Waals surface area contributed by atoms with Gasteiger partial charge in [-0.25, -0.2) is 4.79 Å². The maximum atomic E-state index is 10.7. The lowest BCUT2D eigenvalue weighted by atomic mass is 10.2. The van der Waals surface area contributed by atoms with Gasteiger partial charge in [0.15, 0.2) is 0 Å². The highest BCUT2D eigenvalue weighted by atomic mass is 32.1. The van der Waals surface area contributed by atoms with Crippen LogP contribution in [-0.4, -0.2) is 17.0 Å². The molecule has 0 aromatic carbocycles. The third kappa shape index (κ3) is 2.32. The number of nitrogens with one attached hydrogen (secondary N) is 1. The number of carboxylic acids is 1. The Morgan fingerprint density at radius 3 is 2.57 bits per heavy atom. The summed E-state index contributed by atoms with van der Waals surface area (Å²) in [5.74, 6) is -2.41. The van der Waals surface area contributed by atoms with Gasteiger partial charge in [0.25, 0.3) is 0 Å². The summed E-state index contributed by atoms with van der Waals surface area (Å²) in [4.78, 5) is 22.1. The molecule has 0 fully saturated rings. The molecule has 0 aliphatic carbocycles. The van der Waals surface area contributed by atoms with Gasteiger partial charge in [-0.2, -0.15) is 0 Å². The first-order chi connectivity index (χ1) is 6.52. The Morgan fingerprint density at radius 1 is 1.50 bits per heavy atom. The Balaban J connectivity index is 2.58. The number of hydrogen-bond donors (Lipinski definition) is 2. The van der Waals surface area contributed by atoms with Crippen LogP contribution in [0.1, 0.15) is 16.0 Å². The summed E-state index contributed by atoms with van der Waals surface area (Å²) in [6.45, 7) is 4.22. The third-order valence-electron chi connectivity index (χ3n) is 2.02. The van der Waals surface area contributed by atoms with Crippen LogP contribution >= 0.6 is 11.3 Å². The minimum absolute atomic E-state index is 0.279. The second kappa shape index (κ2) is 4.23. The number of carboxylic acid groups (broad SMARTS) is 1. The first-order valence-corrected chi connectivity index (χ1v) is 4.95. The lowest BCUT2D eigenvalue weighted by Gasteiger charge is -2.01. The smallest absolute Gasteiger partial charge is 0.394 e. The lowest BCUT2D eigenvalue weighted by molar-refractivity contribution is -0.150. The summed E-state index contributed by atoms with van der Waals surface area (Å²) in [6.07, 6.45) is 0. The number of carbonyl (C=O) groups excluding carboxylic acids is 1. The Morgan fingerprint density at radius 2 is 2.14 bits per heavy atom. The van der Waals surface area contributed by atoms with Crippen LogP contribution in [0.2, 0.25) is 0 Å². The van der Waals surface area contributed by atoms with Crippen molar-refractivity contribution in [3.8, 4) is 0 Å². The molecule has 0 aliphatic rings. The largest absolute Gasteiger partial charge is 0.474 e. The standard InChI is InChI=1S/C9H11NO3S/c1-5-6(2)14-4-7(5)3-10-8(11)9(12)13/h4H,3H2,1-2H3,(H,10,11)(H,12,13). The molecular weight excluding hydrogens is 202 g/mol. The molecule has 1 aromatic rings. The molecule has 0 aliphatic heterocycles. The van der Waals surface area contributed by atoms with E-state index < -0.39 is 11.9 Å². The van der Waals surface area contributed by atoms with Crippen molar-refractivity contribution in [2.24, 2.45) is 0 Å². The quantitative estimate of drug-likeness (QED) is 0.722. The van der Waals surface area contributed by atoms with Gasteiger partial charge in [0.1, 0.15) is 0 Å². The average Bonchev–Trinajstić information content (AvgIpc) is 2.44. The highest BCUT2D eigenvalue weighted by Crippen LogP contribution is 2.19. The first-order valence-electron chi connectivity index (χ1n) is 4.07. The van der Waals surface area contributed by atoms with Crippen molar-refractivity contribution in [3.05, 3.63) is 21.4 Å². The Bertz CT molecular complexity index is 370. The van der Waals surface area contributed by atoms with Crippen molar-refractivity contribution >= 4 is 23.2 Å². The van der Waals surface area contributed by atoms with E-state index in [2.05, 4.69) is 5.32 Å². The monoisotopic (exact) mass is 213 g/mol. The Labute approximate surface area is 85.6 Å². The molecule has 0 saturated heterocycles. The van der Waals surface area contributed by atoms with Gasteiger partial charge in [-0.05, 0) is 30.4 Å². The molecule has 0 atom stereocenters. The summed E-state index contributed by atoms with van der Waals surface area (Å²) in [6, 6.07) is 0. The molecule has 76 valence electrons. The van der Waals surface area contributed by atoms with Gasteiger partial charge in [-0.15, -0.1) is 11.3 Å². The minimum atomic E-state index is -1.45. The van der Waals surface area contributed by atoms with Crippen LogP contribution in [0.4, 0.5) is 0 Å². The van der Waals surface area contributed by atoms with E-state index in [1.54, 1.807) is 11.3 Å². The zero-order chi connectivity index (χ0) is 10.7. The van der Waals surface area contributed by atoms with Crippen LogP contribution in [0.3, 0.4) is 0 Å². The molecule has 5 heteroatoms. The number of amides is 1. The van der Waals surface area contributed by atoms with Gasteiger partial charge < -0.3 is 10.4 Å². The van der Waals surface area contributed by atoms with E-state index in [-0.39, 0.29) is 6.54 Å². The number of aryl methyl sites for hydroxylation is 1. The van der Waals surface area contributed by atoms with Crippen molar-refractivity contribution in [2.45, 2.75) is 20.4 Å². The van der Waals surface area contributed by atoms with Crippen LogP contribution in [0.25, 0.3) is 0 Å². The predicted molar refractivity (Wildman–Crippen MR) is 53.3 cm³/mol. The van der Waals surface area contributed by atoms with Gasteiger partial charge in [-0.1, -0.05) is 0 Å². The summed E-state index contributed by atoms with van der Waals surface area (Å²) in [7, 11) is 0. The van der Waals surface area contributed by atoms with E-state index in [4.69, 9.17) is 5.11 Å². The highest BCUT2D eigenvalue weighted by Gasteiger charge is 2.11. The van der Waals surface area contributed by atoms with E-state index in [0.717, 1.165) is 11.1 Å². The lowest BCUT2D eigenvalue weighted by Crippen LogP contribution is -2.30. The van der Waals surface area contributed by atoms with Crippen molar-refractivity contribution in [2.75, 3.05) is 0 Å². The van der Waals surface area contributed by atoms with Crippen LogP contribution < -0.4 is 5.32 Å². The molecule has 4 nitrogen and oxygen atoms in total. The van der Waals surface area contributed by atoms with Gasteiger partial charge in [0, 0.05) is 11.4 Å². The highest BCUT2D eigenvalue weighted by molar-refractivity contribution is 7.10. The topological polar surface area (TPSA) is 66.4 Å². The summed E-state index contributed by atoms with van der Waals surface area (Å²) < 4.78 is 0. The van der Waals surface area contributed by atoms with E-state index in [9.17, 15) is 9.59 Å². The Hall–Kier alpha value is -1.36. The van der Waals surface area contributed by atoms with Crippen LogP contribution in [-0.2, 0) is 16.1 Å². The fourth-order valence-corrected chi connectivity index (χ4v) is 1.87. The Kier molecular flexibility index (Phi) is 3.24. The number of aliphatic carboxylic acids is 1. The second-order valence-electron chi connectivity index (χ2n) is 2.93. The predicted octanol–water partition coefficient (Wildman–Crippen LogP) is 1.07. The molecule has 1 heterocycles. The van der Waals surface area contributed by atoms with Crippen molar-refractivity contribution < 1.29 is 14.7 Å². The SMILES string of the molecule is Cc1scc(CNC(=O)C(=O)O)c1C. The number of hydrogen-bond acceptors (Lipinski definition) is 3. The van der Waals surface area contributed by atoms with Crippen molar-refractivity contribution in [1.29, 1.82) is 0 Å². The fraction of sp³-hybridized carbons (Fsp3) is 0.333. The zero-order valence-corrected chi connectivity index (χ0v) is 8.77. The molecule has 1 amide bonds. The maximum Gasteiger partial charge on any atom is 0.394 e. The molecule has 0 radical (unpaired) electrons. The van der Waals surface area contributed by atoms with E-state index in [1.165, 1.54) is 4.88 Å². The third-order valence-corrected chi connectivity index (χ3v) is 3.08. The molecule has 2 N–H and O–H groups in total. The molecule has 0 spiro atoms. The van der Waals surface area contributed by atoms with Gasteiger partial charge in [-0.3, -0.25) is 4.79 Å². The summed E-state index contributed by atoms with van der Waals surface area (Å²) in [5.41, 5.74) is 2.09. The second-order valence-corrected chi connectivity index (χ2v) is 4.01. The molecule has 0 bridgehead atoms. The van der Waals surface area contributed by atoms with Crippen molar-refractivity contribution in [1.82, 2.24) is 5.32 Å². The molecule has 1 rings (SSSR count). The molecular formula is C9H11NO3S. The number of rotatable bonds is 2.